The van der Waals surface area contributed by atoms with Gasteiger partial charge in [0.15, 0.2) is 0 Å². The lowest BCUT2D eigenvalue weighted by Gasteiger charge is -2.49. The molecule has 6 nitrogen and oxygen atoms in total. The van der Waals surface area contributed by atoms with E-state index in [0.717, 1.165) is 47.5 Å². The van der Waals surface area contributed by atoms with Crippen LogP contribution in [0.25, 0.3) is 0 Å². The summed E-state index contributed by atoms with van der Waals surface area (Å²) in [6.07, 6.45) is 1.51. The molecule has 42 heavy (non-hydrogen) atoms. The maximum Gasteiger partial charge on any atom is 0.253 e. The average molecular weight is 609 g/mol. The molecule has 5 rings (SSSR count). The van der Waals surface area contributed by atoms with Crippen LogP contribution in [0, 0.1) is 19.8 Å². The Balaban J connectivity index is 1.39. The van der Waals surface area contributed by atoms with Crippen molar-refractivity contribution in [1.82, 2.24) is 9.80 Å². The number of benzene rings is 3. The first-order valence-corrected chi connectivity index (χ1v) is 15.3. The van der Waals surface area contributed by atoms with E-state index in [1.807, 2.05) is 73.3 Å². The van der Waals surface area contributed by atoms with Crippen LogP contribution in [-0.4, -0.2) is 60.9 Å². The van der Waals surface area contributed by atoms with Crippen LogP contribution < -0.4 is 10.5 Å². The van der Waals surface area contributed by atoms with Gasteiger partial charge in [0.05, 0.1) is 22.6 Å². The first-order valence-electron chi connectivity index (χ1n) is 14.6. The fourth-order valence-electron chi connectivity index (χ4n) is 7.23. The predicted molar refractivity (Wildman–Crippen MR) is 169 cm³/mol. The molecular weight excluding hydrogens is 569 g/mol. The van der Waals surface area contributed by atoms with Crippen LogP contribution in [0.5, 0.6) is 5.75 Å². The van der Waals surface area contributed by atoms with Crippen molar-refractivity contribution in [2.75, 3.05) is 33.3 Å². The van der Waals surface area contributed by atoms with Gasteiger partial charge < -0.3 is 15.4 Å². The summed E-state index contributed by atoms with van der Waals surface area (Å²) in [7, 11) is 1.66. The molecule has 3 aromatic rings. The lowest BCUT2D eigenvalue weighted by molar-refractivity contribution is -0.126. The molecule has 2 fully saturated rings. The third kappa shape index (κ3) is 5.52. The molecule has 2 aliphatic heterocycles. The highest BCUT2D eigenvalue weighted by Crippen LogP contribution is 2.47. The third-order valence-electron chi connectivity index (χ3n) is 9.56. The highest BCUT2D eigenvalue weighted by Gasteiger charge is 2.51. The van der Waals surface area contributed by atoms with Crippen molar-refractivity contribution < 1.29 is 14.3 Å². The van der Waals surface area contributed by atoms with Crippen LogP contribution in [0.15, 0.2) is 60.7 Å². The first kappa shape index (κ1) is 30.4. The zero-order valence-electron chi connectivity index (χ0n) is 24.7. The molecule has 8 heteroatoms. The van der Waals surface area contributed by atoms with E-state index >= 15 is 0 Å². The first-order chi connectivity index (χ1) is 20.1. The Morgan fingerprint density at radius 1 is 0.976 bits per heavy atom. The van der Waals surface area contributed by atoms with Gasteiger partial charge in [0, 0.05) is 37.2 Å². The molecule has 0 saturated carbocycles. The number of rotatable bonds is 7. The number of nitrogens with zero attached hydrogens (tertiary/aromatic N) is 2. The van der Waals surface area contributed by atoms with Crippen LogP contribution in [0.2, 0.25) is 10.0 Å². The van der Waals surface area contributed by atoms with E-state index in [1.165, 1.54) is 0 Å². The molecule has 0 radical (unpaired) electrons. The maximum absolute atomic E-state index is 13.5. The summed E-state index contributed by atoms with van der Waals surface area (Å²) >= 11 is 12.8. The number of hydrogen-bond acceptors (Lipinski definition) is 4. The molecule has 2 saturated heterocycles. The van der Waals surface area contributed by atoms with Gasteiger partial charge in [-0.05, 0) is 92.6 Å². The summed E-state index contributed by atoms with van der Waals surface area (Å²) in [5.74, 6) is 0.639. The lowest BCUT2D eigenvalue weighted by Crippen LogP contribution is -2.57. The van der Waals surface area contributed by atoms with Crippen LogP contribution >= 0.6 is 23.2 Å². The van der Waals surface area contributed by atoms with Crippen LogP contribution in [0.4, 0.5) is 0 Å². The van der Waals surface area contributed by atoms with Gasteiger partial charge in [-0.1, -0.05) is 59.6 Å². The Morgan fingerprint density at radius 3 is 2.29 bits per heavy atom. The number of primary amides is 1. The number of methoxy groups -OCH3 is 1. The molecule has 3 aromatic carbocycles. The lowest BCUT2D eigenvalue weighted by atomic mass is 9.62. The van der Waals surface area contributed by atoms with Crippen LogP contribution in [0.1, 0.15) is 58.3 Å². The molecule has 2 amide bonds. The molecule has 0 bridgehead atoms. The van der Waals surface area contributed by atoms with Gasteiger partial charge in [0.1, 0.15) is 5.75 Å². The monoisotopic (exact) mass is 607 g/mol. The summed E-state index contributed by atoms with van der Waals surface area (Å²) in [6, 6.07) is 19.5. The SMILES string of the molecule is COc1c(C)cc(C(=O)N2CCC(C(C)N3CCC(C(N)=O)(c4ccccc4)C(c4ccc(Cl)c(Cl)c4)C3)C2)cc1C. The third-order valence-corrected chi connectivity index (χ3v) is 10.3. The fraction of sp³-hybridized carbons (Fsp3) is 0.412. The molecule has 4 atom stereocenters. The number of carbonyl (C=O) groups excluding carboxylic acids is 2. The minimum absolute atomic E-state index is 0.0581. The number of piperidine rings is 1. The minimum atomic E-state index is -0.879. The zero-order valence-corrected chi connectivity index (χ0v) is 26.2. The van der Waals surface area contributed by atoms with Gasteiger partial charge in [-0.25, -0.2) is 0 Å². The second-order valence-corrected chi connectivity index (χ2v) is 12.7. The smallest absolute Gasteiger partial charge is 0.253 e. The standard InChI is InChI=1S/C34H39Cl2N3O3/c1-21-16-26(17-22(2)31(21)42-4)32(40)39-14-12-25(19-39)23(3)38-15-13-34(33(37)41,27-8-6-5-7-9-27)28(20-38)24-10-11-29(35)30(36)18-24/h5-11,16-18,23,25,28H,12-15,19-20H2,1-4H3,(H2,37,41). The van der Waals surface area contributed by atoms with Crippen molar-refractivity contribution in [2.45, 2.75) is 51.0 Å². The summed E-state index contributed by atoms with van der Waals surface area (Å²) in [5.41, 5.74) is 9.86. The van der Waals surface area contributed by atoms with E-state index in [2.05, 4.69) is 11.8 Å². The molecule has 2 N–H and O–H groups in total. The van der Waals surface area contributed by atoms with Crippen molar-refractivity contribution >= 4 is 35.0 Å². The van der Waals surface area contributed by atoms with Crippen molar-refractivity contribution in [2.24, 2.45) is 11.7 Å². The summed E-state index contributed by atoms with van der Waals surface area (Å²) in [4.78, 5) is 31.3. The number of likely N-dealkylation sites (tertiary alicyclic amines) is 2. The summed E-state index contributed by atoms with van der Waals surface area (Å²) in [6.45, 7) is 8.96. The quantitative estimate of drug-likeness (QED) is 0.338. The van der Waals surface area contributed by atoms with Crippen molar-refractivity contribution in [3.63, 3.8) is 0 Å². The zero-order chi connectivity index (χ0) is 30.2. The highest BCUT2D eigenvalue weighted by atomic mass is 35.5. The Bertz CT molecular complexity index is 1460. The Hall–Kier alpha value is -3.06. The number of carbonyl (C=O) groups is 2. The van der Waals surface area contributed by atoms with Gasteiger partial charge in [0.25, 0.3) is 5.91 Å². The fourth-order valence-corrected chi connectivity index (χ4v) is 7.53. The Morgan fingerprint density at radius 2 is 1.67 bits per heavy atom. The molecular formula is C34H39Cl2N3O3. The van der Waals surface area contributed by atoms with Gasteiger partial charge in [-0.2, -0.15) is 0 Å². The molecule has 222 valence electrons. The second-order valence-electron chi connectivity index (χ2n) is 11.9. The number of ether oxygens (including phenoxy) is 1. The van der Waals surface area contributed by atoms with E-state index in [9.17, 15) is 9.59 Å². The van der Waals surface area contributed by atoms with Gasteiger partial charge in [-0.15, -0.1) is 0 Å². The van der Waals surface area contributed by atoms with Crippen LogP contribution in [-0.2, 0) is 10.2 Å². The van der Waals surface area contributed by atoms with E-state index < -0.39 is 5.41 Å². The topological polar surface area (TPSA) is 75.9 Å². The van der Waals surface area contributed by atoms with Crippen LogP contribution in [0.3, 0.4) is 0 Å². The van der Waals surface area contributed by atoms with Gasteiger partial charge in [-0.3, -0.25) is 14.5 Å². The number of nitrogens with two attached hydrogens (primary N) is 1. The normalized spacial score (nSPS) is 23.5. The molecule has 0 aliphatic carbocycles. The van der Waals surface area contributed by atoms with Crippen molar-refractivity contribution in [3.8, 4) is 5.75 Å². The number of hydrogen-bond donors (Lipinski definition) is 1. The van der Waals surface area contributed by atoms with E-state index in [-0.39, 0.29) is 23.8 Å². The number of halogens is 2. The highest BCUT2D eigenvalue weighted by molar-refractivity contribution is 6.42. The van der Waals surface area contributed by atoms with Gasteiger partial charge in [0.2, 0.25) is 5.91 Å². The number of aryl methyl sites for hydroxylation is 2. The average Bonchev–Trinajstić information content (AvgIpc) is 3.48. The summed E-state index contributed by atoms with van der Waals surface area (Å²) < 4.78 is 5.49. The molecule has 2 heterocycles. The van der Waals surface area contributed by atoms with Crippen molar-refractivity contribution in [3.05, 3.63) is 98.5 Å². The predicted octanol–water partition coefficient (Wildman–Crippen LogP) is 6.38. The van der Waals surface area contributed by atoms with E-state index in [1.54, 1.807) is 13.2 Å². The largest absolute Gasteiger partial charge is 0.496 e. The Kier molecular flexibility index (Phi) is 8.89. The minimum Gasteiger partial charge on any atom is -0.496 e. The number of amides is 2. The summed E-state index contributed by atoms with van der Waals surface area (Å²) in [5, 5.41) is 0.934. The van der Waals surface area contributed by atoms with Crippen molar-refractivity contribution in [1.29, 1.82) is 0 Å². The molecule has 0 spiro atoms. The second kappa shape index (κ2) is 12.3. The maximum atomic E-state index is 13.5. The Labute approximate surface area is 258 Å². The molecule has 0 aromatic heterocycles. The van der Waals surface area contributed by atoms with E-state index in [0.29, 0.717) is 41.0 Å². The molecule has 4 unspecified atom stereocenters. The van der Waals surface area contributed by atoms with E-state index in [4.69, 9.17) is 33.7 Å². The van der Waals surface area contributed by atoms with Gasteiger partial charge >= 0.3 is 0 Å². The molecule has 2 aliphatic rings.